The molecule has 3 N–H and O–H groups in total. The molecule has 1 aromatic heterocycles. The second-order valence-electron chi connectivity index (χ2n) is 8.50. The highest BCUT2D eigenvalue weighted by atomic mass is 19.1. The molecule has 10 heteroatoms. The van der Waals surface area contributed by atoms with Crippen LogP contribution in [0.2, 0.25) is 0 Å². The van der Waals surface area contributed by atoms with Gasteiger partial charge in [-0.1, -0.05) is 0 Å². The highest BCUT2D eigenvalue weighted by molar-refractivity contribution is 6.16. The van der Waals surface area contributed by atoms with Gasteiger partial charge in [0, 0.05) is 36.6 Å². The van der Waals surface area contributed by atoms with Gasteiger partial charge in [0.15, 0.2) is 0 Å². The number of hydrogen-bond donors (Lipinski definition) is 2. The van der Waals surface area contributed by atoms with Gasteiger partial charge >= 0.3 is 6.03 Å². The summed E-state index contributed by atoms with van der Waals surface area (Å²) in [7, 11) is 0. The summed E-state index contributed by atoms with van der Waals surface area (Å²) in [5.41, 5.74) is 7.29. The van der Waals surface area contributed by atoms with Gasteiger partial charge in [0.25, 0.3) is 0 Å². The molecule has 3 heterocycles. The zero-order valence-electron chi connectivity index (χ0n) is 18.8. The van der Waals surface area contributed by atoms with E-state index < -0.39 is 35.6 Å². The SMILES string of the molecule is Cc1ccc(Oc2ccc(F)c([C@H](N)CCC3C(=O)NC(=O)N(C4CCOCC4)C3=O)c2)cn1. The zero-order chi connectivity index (χ0) is 24.2. The topological polar surface area (TPSA) is 124 Å². The third kappa shape index (κ3) is 5.23. The third-order valence-electron chi connectivity index (χ3n) is 6.11. The second kappa shape index (κ2) is 10.3. The monoisotopic (exact) mass is 470 g/mol. The smallest absolute Gasteiger partial charge is 0.331 e. The van der Waals surface area contributed by atoms with Crippen LogP contribution >= 0.6 is 0 Å². The minimum absolute atomic E-state index is 0.0746. The Morgan fingerprint density at radius 1 is 1.21 bits per heavy atom. The molecular weight excluding hydrogens is 443 g/mol. The van der Waals surface area contributed by atoms with Crippen LogP contribution in [0.5, 0.6) is 11.5 Å². The predicted molar refractivity (Wildman–Crippen MR) is 119 cm³/mol. The summed E-state index contributed by atoms with van der Waals surface area (Å²) in [6.45, 7) is 2.75. The van der Waals surface area contributed by atoms with Crippen molar-refractivity contribution in [2.24, 2.45) is 11.7 Å². The third-order valence-corrected chi connectivity index (χ3v) is 6.11. The fourth-order valence-corrected chi connectivity index (χ4v) is 4.20. The molecule has 0 saturated carbocycles. The molecule has 0 aliphatic carbocycles. The molecule has 2 aliphatic heterocycles. The quantitative estimate of drug-likeness (QED) is 0.596. The lowest BCUT2D eigenvalue weighted by Crippen LogP contribution is -2.61. The number of nitrogens with one attached hydrogen (secondary N) is 1. The summed E-state index contributed by atoms with van der Waals surface area (Å²) < 4.78 is 25.6. The van der Waals surface area contributed by atoms with Gasteiger partial charge in [-0.05, 0) is 62.9 Å². The number of urea groups is 1. The maximum Gasteiger partial charge on any atom is 0.331 e. The molecule has 2 aliphatic rings. The van der Waals surface area contributed by atoms with Crippen molar-refractivity contribution < 1.29 is 28.2 Å². The molecule has 9 nitrogen and oxygen atoms in total. The first-order valence-corrected chi connectivity index (χ1v) is 11.2. The van der Waals surface area contributed by atoms with E-state index in [-0.39, 0.29) is 24.4 Å². The van der Waals surface area contributed by atoms with Crippen molar-refractivity contribution in [3.05, 3.63) is 53.6 Å². The number of aryl methyl sites for hydroxylation is 1. The van der Waals surface area contributed by atoms with Crippen LogP contribution in [0.3, 0.4) is 0 Å². The average Bonchev–Trinajstić information content (AvgIpc) is 2.82. The maximum absolute atomic E-state index is 14.5. The van der Waals surface area contributed by atoms with Crippen LogP contribution in [0, 0.1) is 18.7 Å². The molecule has 1 aromatic carbocycles. The number of benzene rings is 1. The van der Waals surface area contributed by atoms with Crippen LogP contribution in [-0.4, -0.2) is 47.0 Å². The number of aromatic nitrogens is 1. The molecule has 2 saturated heterocycles. The minimum atomic E-state index is -1.06. The molecule has 4 amide bonds. The summed E-state index contributed by atoms with van der Waals surface area (Å²) in [4.78, 5) is 43.0. The Balaban J connectivity index is 1.43. The highest BCUT2D eigenvalue weighted by Crippen LogP contribution is 2.30. The maximum atomic E-state index is 14.5. The van der Waals surface area contributed by atoms with Gasteiger partial charge in [0.1, 0.15) is 23.2 Å². The molecule has 4 rings (SSSR count). The van der Waals surface area contributed by atoms with Gasteiger partial charge in [0.05, 0.1) is 6.20 Å². The Morgan fingerprint density at radius 2 is 1.94 bits per heavy atom. The summed E-state index contributed by atoms with van der Waals surface area (Å²) >= 11 is 0. The van der Waals surface area contributed by atoms with Crippen molar-refractivity contribution in [2.45, 2.75) is 44.7 Å². The minimum Gasteiger partial charge on any atom is -0.456 e. The molecule has 2 atom stereocenters. The van der Waals surface area contributed by atoms with Crippen LogP contribution in [-0.2, 0) is 14.3 Å². The van der Waals surface area contributed by atoms with Crippen molar-refractivity contribution in [1.29, 1.82) is 0 Å². The molecule has 2 aromatic rings. The van der Waals surface area contributed by atoms with Crippen molar-refractivity contribution in [1.82, 2.24) is 15.2 Å². The number of nitrogens with two attached hydrogens (primary N) is 1. The molecule has 2 fully saturated rings. The lowest BCUT2D eigenvalue weighted by molar-refractivity contribution is -0.145. The van der Waals surface area contributed by atoms with E-state index in [0.717, 1.165) is 10.6 Å². The molecule has 0 radical (unpaired) electrons. The summed E-state index contributed by atoms with van der Waals surface area (Å²) in [6, 6.07) is 6.00. The summed E-state index contributed by atoms with van der Waals surface area (Å²) in [6.07, 6.45) is 2.84. The zero-order valence-corrected chi connectivity index (χ0v) is 18.8. The number of rotatable bonds is 7. The Morgan fingerprint density at radius 3 is 2.65 bits per heavy atom. The molecule has 1 unspecified atom stereocenters. The Bertz CT molecular complexity index is 1070. The molecule has 0 bridgehead atoms. The summed E-state index contributed by atoms with van der Waals surface area (Å²) in [5.74, 6) is -1.89. The Hall–Kier alpha value is -3.37. The molecule has 34 heavy (non-hydrogen) atoms. The van der Waals surface area contributed by atoms with Crippen LogP contribution in [0.15, 0.2) is 36.5 Å². The van der Waals surface area contributed by atoms with Crippen LogP contribution in [0.25, 0.3) is 0 Å². The van der Waals surface area contributed by atoms with Gasteiger partial charge in [-0.2, -0.15) is 0 Å². The fraction of sp³-hybridized carbons (Fsp3) is 0.417. The van der Waals surface area contributed by atoms with Crippen LogP contribution in [0.4, 0.5) is 9.18 Å². The van der Waals surface area contributed by atoms with Crippen molar-refractivity contribution >= 4 is 17.8 Å². The van der Waals surface area contributed by atoms with E-state index in [1.165, 1.54) is 18.2 Å². The van der Waals surface area contributed by atoms with Crippen LogP contribution < -0.4 is 15.8 Å². The van der Waals surface area contributed by atoms with Gasteiger partial charge in [0.2, 0.25) is 11.8 Å². The van der Waals surface area contributed by atoms with Gasteiger partial charge in [-0.15, -0.1) is 0 Å². The van der Waals surface area contributed by atoms with E-state index >= 15 is 0 Å². The number of imide groups is 2. The molecule has 180 valence electrons. The Labute approximate surface area is 196 Å². The number of amides is 4. The summed E-state index contributed by atoms with van der Waals surface area (Å²) in [5, 5.41) is 2.27. The van der Waals surface area contributed by atoms with Crippen molar-refractivity contribution in [2.75, 3.05) is 13.2 Å². The molecule has 0 spiro atoms. The van der Waals surface area contributed by atoms with Gasteiger partial charge in [-0.25, -0.2) is 9.18 Å². The lowest BCUT2D eigenvalue weighted by atomic mass is 9.92. The number of hydrogen-bond acceptors (Lipinski definition) is 7. The normalized spacial score (nSPS) is 20.3. The van der Waals surface area contributed by atoms with Crippen molar-refractivity contribution in [3.8, 4) is 11.5 Å². The number of barbiturate groups is 1. The largest absolute Gasteiger partial charge is 0.456 e. The van der Waals surface area contributed by atoms with E-state index in [4.69, 9.17) is 15.2 Å². The van der Waals surface area contributed by atoms with E-state index in [9.17, 15) is 18.8 Å². The van der Waals surface area contributed by atoms with E-state index in [2.05, 4.69) is 10.3 Å². The average molecular weight is 471 g/mol. The number of carbonyl (C=O) groups is 3. The predicted octanol–water partition coefficient (Wildman–Crippen LogP) is 2.98. The standard InChI is InChI=1S/C24H27FN4O5/c1-14-2-3-17(13-27-14)34-16-4-6-20(25)19(12-16)21(26)7-5-18-22(30)28-24(32)29(23(18)31)15-8-10-33-11-9-15/h2-4,6,12-13,15,18,21H,5,7-11,26H2,1H3,(H,28,30,32)/t18?,21-/m1/s1. The van der Waals surface area contributed by atoms with E-state index in [1.807, 2.05) is 6.92 Å². The number of ether oxygens (including phenoxy) is 2. The Kier molecular flexibility index (Phi) is 7.18. The fourth-order valence-electron chi connectivity index (χ4n) is 4.20. The number of nitrogens with zero attached hydrogens (tertiary/aromatic N) is 2. The molecular formula is C24H27FN4O5. The number of pyridine rings is 1. The highest BCUT2D eigenvalue weighted by Gasteiger charge is 2.43. The first-order chi connectivity index (χ1) is 16.3. The number of carbonyl (C=O) groups excluding carboxylic acids is 3. The van der Waals surface area contributed by atoms with Crippen LogP contribution in [0.1, 0.15) is 43.0 Å². The second-order valence-corrected chi connectivity index (χ2v) is 8.50. The van der Waals surface area contributed by atoms with Gasteiger partial charge < -0.3 is 15.2 Å². The first kappa shape index (κ1) is 23.8. The van der Waals surface area contributed by atoms with E-state index in [0.29, 0.717) is 37.6 Å². The first-order valence-electron chi connectivity index (χ1n) is 11.2. The lowest BCUT2D eigenvalue weighted by Gasteiger charge is -2.37. The van der Waals surface area contributed by atoms with E-state index in [1.54, 1.807) is 18.3 Å². The van der Waals surface area contributed by atoms with Crippen molar-refractivity contribution in [3.63, 3.8) is 0 Å². The van der Waals surface area contributed by atoms with Gasteiger partial charge in [-0.3, -0.25) is 24.8 Å². The number of halogens is 1.